The van der Waals surface area contributed by atoms with Crippen molar-refractivity contribution in [3.05, 3.63) is 71.9 Å². The normalized spacial score (nSPS) is 15.8. The highest BCUT2D eigenvalue weighted by Crippen LogP contribution is 2.27. The molecule has 1 heterocycles. The second-order valence-corrected chi connectivity index (χ2v) is 10.7. The monoisotopic (exact) mass is 534 g/mol. The van der Waals surface area contributed by atoms with Crippen LogP contribution in [0.25, 0.3) is 5.57 Å². The number of pyridine rings is 1. The molecule has 1 amide bonds. The first-order valence-electron chi connectivity index (χ1n) is 13.3. The molecule has 0 aromatic carbocycles. The Morgan fingerprint density at radius 2 is 1.97 bits per heavy atom. The van der Waals surface area contributed by atoms with Gasteiger partial charge in [-0.1, -0.05) is 52.0 Å². The van der Waals surface area contributed by atoms with Crippen LogP contribution in [0.15, 0.2) is 65.6 Å². The quantitative estimate of drug-likeness (QED) is 0.143. The number of amides is 1. The predicted molar refractivity (Wildman–Crippen MR) is 163 cm³/mol. The molecule has 204 valence electrons. The van der Waals surface area contributed by atoms with Gasteiger partial charge in [-0.2, -0.15) is 0 Å². The van der Waals surface area contributed by atoms with Gasteiger partial charge in [0, 0.05) is 35.8 Å². The Labute approximate surface area is 232 Å². The number of aromatic nitrogens is 1. The van der Waals surface area contributed by atoms with Crippen molar-refractivity contribution in [2.24, 2.45) is 16.8 Å². The maximum atomic E-state index is 13.2. The molecule has 1 aromatic rings. The van der Waals surface area contributed by atoms with Crippen LogP contribution in [0.1, 0.15) is 76.9 Å². The molecule has 0 aliphatic heterocycles. The fourth-order valence-electron chi connectivity index (χ4n) is 3.58. The molecule has 7 nitrogen and oxygen atoms in total. The SMILES string of the molecule is C/C=C\C(=C/C(C)C(=N)N(C=N)C1CC1)NC(=O)c1cc(C(/C=C\C)=C/N=C(\CC)SCC(C)C)ccn1. The van der Waals surface area contributed by atoms with Crippen molar-refractivity contribution >= 4 is 40.5 Å². The molecular weight excluding hydrogens is 492 g/mol. The molecule has 1 saturated carbocycles. The number of aliphatic imine (C=N–C) groups is 1. The molecule has 3 N–H and O–H groups in total. The van der Waals surface area contributed by atoms with Crippen molar-refractivity contribution < 1.29 is 4.79 Å². The Bertz CT molecular complexity index is 1130. The molecular formula is C30H42N6OS. The van der Waals surface area contributed by atoms with Gasteiger partial charge in [-0.3, -0.25) is 25.6 Å². The number of rotatable bonds is 13. The van der Waals surface area contributed by atoms with Crippen LogP contribution in [-0.2, 0) is 0 Å². The largest absolute Gasteiger partial charge is 0.321 e. The van der Waals surface area contributed by atoms with E-state index in [2.05, 4.69) is 31.1 Å². The number of hydrogen-bond donors (Lipinski definition) is 3. The maximum absolute atomic E-state index is 13.2. The van der Waals surface area contributed by atoms with Gasteiger partial charge < -0.3 is 10.2 Å². The summed E-state index contributed by atoms with van der Waals surface area (Å²) in [5.41, 5.74) is 2.64. The van der Waals surface area contributed by atoms with Gasteiger partial charge in [0.15, 0.2) is 0 Å². The highest BCUT2D eigenvalue weighted by Gasteiger charge is 2.31. The van der Waals surface area contributed by atoms with Crippen LogP contribution in [0.5, 0.6) is 0 Å². The molecule has 1 atom stereocenters. The summed E-state index contributed by atoms with van der Waals surface area (Å²) in [6.45, 7) is 12.2. The Balaban J connectivity index is 2.25. The molecule has 1 aliphatic rings. The third kappa shape index (κ3) is 9.89. The van der Waals surface area contributed by atoms with Crippen LogP contribution in [0.2, 0.25) is 0 Å². The molecule has 2 rings (SSSR count). The first-order valence-corrected chi connectivity index (χ1v) is 14.2. The van der Waals surface area contributed by atoms with Crippen molar-refractivity contribution in [1.82, 2.24) is 15.2 Å². The van der Waals surface area contributed by atoms with E-state index in [1.54, 1.807) is 35.0 Å². The van der Waals surface area contributed by atoms with E-state index in [-0.39, 0.29) is 17.9 Å². The molecule has 8 heteroatoms. The molecule has 0 spiro atoms. The predicted octanol–water partition coefficient (Wildman–Crippen LogP) is 7.07. The Kier molecular flexibility index (Phi) is 12.9. The number of thioether (sulfide) groups is 1. The van der Waals surface area contributed by atoms with Crippen LogP contribution in [0.3, 0.4) is 0 Å². The molecule has 1 aliphatic carbocycles. The van der Waals surface area contributed by atoms with Gasteiger partial charge in [0.1, 0.15) is 11.5 Å². The number of carbonyl (C=O) groups is 1. The highest BCUT2D eigenvalue weighted by atomic mass is 32.2. The van der Waals surface area contributed by atoms with Crippen molar-refractivity contribution in [2.75, 3.05) is 5.75 Å². The molecule has 0 radical (unpaired) electrons. The minimum absolute atomic E-state index is 0.244. The molecule has 38 heavy (non-hydrogen) atoms. The van der Waals surface area contributed by atoms with Crippen LogP contribution in [0.4, 0.5) is 0 Å². The summed E-state index contributed by atoms with van der Waals surface area (Å²) in [6.07, 6.45) is 17.0. The number of allylic oxidation sites excluding steroid dienone is 5. The lowest BCUT2D eigenvalue weighted by Crippen LogP contribution is -2.35. The number of nitrogens with one attached hydrogen (secondary N) is 3. The zero-order valence-corrected chi connectivity index (χ0v) is 24.3. The van der Waals surface area contributed by atoms with Gasteiger partial charge in [0.25, 0.3) is 5.91 Å². The fourth-order valence-corrected chi connectivity index (χ4v) is 4.44. The van der Waals surface area contributed by atoms with Gasteiger partial charge in [0.2, 0.25) is 0 Å². The smallest absolute Gasteiger partial charge is 0.274 e. The van der Waals surface area contributed by atoms with Crippen LogP contribution < -0.4 is 5.32 Å². The first kappa shape index (κ1) is 31.0. The molecule has 1 aromatic heterocycles. The summed E-state index contributed by atoms with van der Waals surface area (Å²) >= 11 is 1.78. The first-order chi connectivity index (χ1) is 18.2. The lowest BCUT2D eigenvalue weighted by atomic mass is 10.1. The van der Waals surface area contributed by atoms with E-state index in [1.807, 2.05) is 57.3 Å². The van der Waals surface area contributed by atoms with Gasteiger partial charge in [-0.05, 0) is 68.4 Å². The summed E-state index contributed by atoms with van der Waals surface area (Å²) in [7, 11) is 0. The number of nitrogens with zero attached hydrogens (tertiary/aromatic N) is 3. The van der Waals surface area contributed by atoms with E-state index in [9.17, 15) is 4.79 Å². The zero-order chi connectivity index (χ0) is 28.1. The molecule has 1 fully saturated rings. The van der Waals surface area contributed by atoms with Crippen LogP contribution in [-0.4, -0.2) is 44.8 Å². The van der Waals surface area contributed by atoms with Crippen molar-refractivity contribution in [3.8, 4) is 0 Å². The second kappa shape index (κ2) is 15.9. The average molecular weight is 535 g/mol. The maximum Gasteiger partial charge on any atom is 0.274 e. The molecule has 0 saturated heterocycles. The third-order valence-electron chi connectivity index (χ3n) is 5.73. The summed E-state index contributed by atoms with van der Waals surface area (Å²) in [5, 5.41) is 20.2. The average Bonchev–Trinajstić information content (AvgIpc) is 3.73. The topological polar surface area (TPSA) is 105 Å². The fraction of sp³-hybridized carbons (Fsp3) is 0.433. The van der Waals surface area contributed by atoms with Gasteiger partial charge >= 0.3 is 0 Å². The third-order valence-corrected chi connectivity index (χ3v) is 7.29. The van der Waals surface area contributed by atoms with E-state index in [0.29, 0.717) is 23.1 Å². The van der Waals surface area contributed by atoms with E-state index >= 15 is 0 Å². The Hall–Kier alpha value is -3.26. The molecule has 0 bridgehead atoms. The van der Waals surface area contributed by atoms with Crippen LogP contribution >= 0.6 is 11.8 Å². The van der Waals surface area contributed by atoms with E-state index in [1.165, 1.54) is 6.34 Å². The zero-order valence-electron chi connectivity index (χ0n) is 23.5. The lowest BCUT2D eigenvalue weighted by molar-refractivity contribution is 0.0962. The van der Waals surface area contributed by atoms with E-state index in [0.717, 1.165) is 41.2 Å². The summed E-state index contributed by atoms with van der Waals surface area (Å²) < 4.78 is 0. The number of carbonyl (C=O) groups excluding carboxylic acids is 1. The number of hydrogen-bond acceptors (Lipinski definition) is 6. The second-order valence-electron chi connectivity index (χ2n) is 9.61. The Morgan fingerprint density at radius 3 is 2.55 bits per heavy atom. The summed E-state index contributed by atoms with van der Waals surface area (Å²) in [5.74, 6) is 1.37. The lowest BCUT2D eigenvalue weighted by Gasteiger charge is -2.22. The van der Waals surface area contributed by atoms with Gasteiger partial charge in [-0.25, -0.2) is 0 Å². The summed E-state index contributed by atoms with van der Waals surface area (Å²) in [6, 6.07) is 3.89. The van der Waals surface area contributed by atoms with Gasteiger partial charge in [-0.15, -0.1) is 11.8 Å². The summed E-state index contributed by atoms with van der Waals surface area (Å²) in [4.78, 5) is 23.9. The standard InChI is InChI=1S/C30H42N6OS/c1-7-10-24(18-34-28(9-3)38-19-21(4)5)23-14-15-33-27(17-23)30(37)35-25(11-8-2)16-22(6)29(32)36(20-31)26-12-13-26/h7-8,10-11,14-18,20-22,26,31-32H,9,12-13,19H2,1-6H3,(H,35,37)/b10-7-,11-8-,24-18+,25-16+,31-20?,32-29?,34-28+. The van der Waals surface area contributed by atoms with E-state index < -0.39 is 0 Å². The molecule has 1 unspecified atom stereocenters. The minimum Gasteiger partial charge on any atom is -0.321 e. The van der Waals surface area contributed by atoms with E-state index in [4.69, 9.17) is 15.8 Å². The van der Waals surface area contributed by atoms with Crippen LogP contribution in [0, 0.1) is 22.7 Å². The highest BCUT2D eigenvalue weighted by molar-refractivity contribution is 8.13. The Morgan fingerprint density at radius 1 is 1.26 bits per heavy atom. The van der Waals surface area contributed by atoms with Gasteiger partial charge in [0.05, 0.1) is 11.4 Å². The number of amidine groups is 1. The van der Waals surface area contributed by atoms with Crippen molar-refractivity contribution in [3.63, 3.8) is 0 Å². The minimum atomic E-state index is -0.328. The van der Waals surface area contributed by atoms with Crippen molar-refractivity contribution in [2.45, 2.75) is 66.8 Å². The van der Waals surface area contributed by atoms with Crippen molar-refractivity contribution in [1.29, 1.82) is 10.8 Å².